The molecule has 0 aromatic carbocycles. The maximum absolute atomic E-state index is 13.4. The second-order valence-electron chi connectivity index (χ2n) is 3.78. The molecule has 5 heteroatoms. The lowest BCUT2D eigenvalue weighted by Gasteiger charge is -2.32. The van der Waals surface area contributed by atoms with Gasteiger partial charge in [-0.25, -0.2) is 0 Å². The number of halogens is 2. The zero-order valence-electron chi connectivity index (χ0n) is 8.52. The van der Waals surface area contributed by atoms with E-state index in [1.807, 2.05) is 17.3 Å². The first-order valence-corrected chi connectivity index (χ1v) is 4.77. The Balaban J connectivity index is 2.59. The zero-order valence-corrected chi connectivity index (χ0v) is 8.52. The summed E-state index contributed by atoms with van der Waals surface area (Å²) in [5.41, 5.74) is 0. The third-order valence-corrected chi connectivity index (χ3v) is 2.76. The van der Waals surface area contributed by atoms with Crippen LogP contribution in [-0.4, -0.2) is 43.9 Å². The van der Waals surface area contributed by atoms with Crippen molar-refractivity contribution in [3.05, 3.63) is 0 Å². The van der Waals surface area contributed by atoms with Crippen molar-refractivity contribution in [1.82, 2.24) is 10.2 Å². The van der Waals surface area contributed by atoms with Crippen molar-refractivity contribution in [2.45, 2.75) is 18.8 Å². The van der Waals surface area contributed by atoms with Crippen molar-refractivity contribution in [3.63, 3.8) is 0 Å². The molecule has 1 rings (SSSR count). The van der Waals surface area contributed by atoms with E-state index >= 15 is 0 Å². The van der Waals surface area contributed by atoms with Crippen LogP contribution in [0.3, 0.4) is 0 Å². The molecule has 0 atom stereocenters. The summed E-state index contributed by atoms with van der Waals surface area (Å²) in [6.07, 6.45) is 0.772. The molecule has 0 bridgehead atoms. The molecule has 0 aromatic rings. The van der Waals surface area contributed by atoms with Crippen LogP contribution in [0.4, 0.5) is 8.78 Å². The van der Waals surface area contributed by atoms with Crippen molar-refractivity contribution in [2.24, 2.45) is 5.92 Å². The molecule has 82 valence electrons. The number of amides is 1. The summed E-state index contributed by atoms with van der Waals surface area (Å²) >= 11 is 0. The van der Waals surface area contributed by atoms with Crippen LogP contribution in [0.15, 0.2) is 0 Å². The summed E-state index contributed by atoms with van der Waals surface area (Å²) in [4.78, 5) is 12.9. The van der Waals surface area contributed by atoms with Crippen molar-refractivity contribution >= 4 is 5.91 Å². The Morgan fingerprint density at radius 2 is 1.93 bits per heavy atom. The normalized spacial score (nSPS) is 20.9. The summed E-state index contributed by atoms with van der Waals surface area (Å²) < 4.78 is 26.8. The topological polar surface area (TPSA) is 32.3 Å². The van der Waals surface area contributed by atoms with Crippen LogP contribution in [0, 0.1) is 5.92 Å². The first kappa shape index (κ1) is 11.4. The second kappa shape index (κ2) is 4.21. The number of piperidine rings is 1. The van der Waals surface area contributed by atoms with E-state index in [-0.39, 0.29) is 0 Å². The molecule has 0 spiro atoms. The number of carbonyl (C=O) groups is 1. The predicted octanol–water partition coefficient (Wildman–Crippen LogP) is 0.709. The molecule has 1 aliphatic heterocycles. The fraction of sp³-hybridized carbons (Fsp3) is 0.889. The second-order valence-corrected chi connectivity index (χ2v) is 3.78. The van der Waals surface area contributed by atoms with E-state index in [2.05, 4.69) is 0 Å². The molecule has 0 unspecified atom stereocenters. The summed E-state index contributed by atoms with van der Waals surface area (Å²) in [7, 11) is 3.14. The monoisotopic (exact) mass is 206 g/mol. The molecular formula is C9H16F2N2O. The van der Waals surface area contributed by atoms with Crippen LogP contribution >= 0.6 is 0 Å². The minimum atomic E-state index is -3.21. The van der Waals surface area contributed by atoms with Gasteiger partial charge in [0, 0.05) is 13.0 Å². The molecule has 0 aliphatic carbocycles. The molecule has 1 fully saturated rings. The molecule has 0 radical (unpaired) electrons. The van der Waals surface area contributed by atoms with Gasteiger partial charge in [0.15, 0.2) is 0 Å². The highest BCUT2D eigenvalue weighted by atomic mass is 19.3. The molecule has 1 saturated heterocycles. The maximum atomic E-state index is 13.4. The van der Waals surface area contributed by atoms with Gasteiger partial charge in [-0.3, -0.25) is 4.79 Å². The van der Waals surface area contributed by atoms with Crippen LogP contribution in [0.25, 0.3) is 0 Å². The van der Waals surface area contributed by atoms with E-state index in [0.717, 1.165) is 0 Å². The minimum absolute atomic E-state index is 0.386. The highest BCUT2D eigenvalue weighted by Crippen LogP contribution is 2.32. The van der Waals surface area contributed by atoms with E-state index in [1.165, 1.54) is 7.05 Å². The zero-order chi connectivity index (χ0) is 10.8. The number of likely N-dealkylation sites (tertiary alicyclic amines) is 1. The number of nitrogens with zero attached hydrogens (tertiary/aromatic N) is 1. The number of hydrogen-bond acceptors (Lipinski definition) is 2. The summed E-state index contributed by atoms with van der Waals surface area (Å²) in [5.74, 6) is -5.18. The van der Waals surface area contributed by atoms with Crippen molar-refractivity contribution < 1.29 is 13.6 Å². The van der Waals surface area contributed by atoms with Crippen molar-refractivity contribution in [1.29, 1.82) is 0 Å². The lowest BCUT2D eigenvalue weighted by molar-refractivity contribution is -0.156. The average molecular weight is 206 g/mol. The van der Waals surface area contributed by atoms with Gasteiger partial charge in [0.1, 0.15) is 0 Å². The molecule has 3 nitrogen and oxygen atoms in total. The lowest BCUT2D eigenvalue weighted by atomic mass is 9.90. The standard InChI is InChI=1S/C9H16F2N2O/c1-12-8(14)9(10,11)7-3-5-13(2)6-4-7/h7H,3-6H2,1-2H3,(H,12,14). The fourth-order valence-electron chi connectivity index (χ4n) is 1.72. The van der Waals surface area contributed by atoms with E-state index in [4.69, 9.17) is 0 Å². The van der Waals surface area contributed by atoms with E-state index in [9.17, 15) is 13.6 Å². The fourth-order valence-corrected chi connectivity index (χ4v) is 1.72. The minimum Gasteiger partial charge on any atom is -0.354 e. The van der Waals surface area contributed by atoms with Gasteiger partial charge in [-0.1, -0.05) is 0 Å². The van der Waals surface area contributed by atoms with Gasteiger partial charge in [-0.15, -0.1) is 0 Å². The molecule has 1 N–H and O–H groups in total. The summed E-state index contributed by atoms with van der Waals surface area (Å²) in [6.45, 7) is 1.27. The van der Waals surface area contributed by atoms with Gasteiger partial charge >= 0.3 is 5.92 Å². The Bertz CT molecular complexity index is 213. The van der Waals surface area contributed by atoms with Crippen molar-refractivity contribution in [3.8, 4) is 0 Å². The summed E-state index contributed by atoms with van der Waals surface area (Å²) in [6, 6.07) is 0. The molecule has 1 heterocycles. The highest BCUT2D eigenvalue weighted by molar-refractivity contribution is 5.83. The van der Waals surface area contributed by atoms with E-state index < -0.39 is 17.7 Å². The van der Waals surface area contributed by atoms with Gasteiger partial charge in [-0.05, 0) is 33.0 Å². The third kappa shape index (κ3) is 2.20. The van der Waals surface area contributed by atoms with Gasteiger partial charge in [0.25, 0.3) is 5.91 Å². The Morgan fingerprint density at radius 3 is 2.36 bits per heavy atom. The highest BCUT2D eigenvalue weighted by Gasteiger charge is 2.46. The number of nitrogens with one attached hydrogen (secondary N) is 1. The Hall–Kier alpha value is -0.710. The SMILES string of the molecule is CNC(=O)C(F)(F)C1CCN(C)CC1. The third-order valence-electron chi connectivity index (χ3n) is 2.76. The number of rotatable bonds is 2. The Morgan fingerprint density at radius 1 is 1.43 bits per heavy atom. The molecule has 1 amide bonds. The van der Waals surface area contributed by atoms with Crippen molar-refractivity contribution in [2.75, 3.05) is 27.2 Å². The predicted molar refractivity (Wildman–Crippen MR) is 49.2 cm³/mol. The van der Waals surface area contributed by atoms with Gasteiger partial charge in [0.2, 0.25) is 0 Å². The maximum Gasteiger partial charge on any atom is 0.327 e. The summed E-state index contributed by atoms with van der Waals surface area (Å²) in [5, 5.41) is 2.01. The lowest BCUT2D eigenvalue weighted by Crippen LogP contribution is -2.47. The van der Waals surface area contributed by atoms with Crippen LogP contribution in [-0.2, 0) is 4.79 Å². The molecule has 14 heavy (non-hydrogen) atoms. The number of carbonyl (C=O) groups excluding carboxylic acids is 1. The van der Waals surface area contributed by atoms with Gasteiger partial charge in [-0.2, -0.15) is 8.78 Å². The average Bonchev–Trinajstić information content (AvgIpc) is 2.17. The first-order chi connectivity index (χ1) is 6.48. The first-order valence-electron chi connectivity index (χ1n) is 4.77. The van der Waals surface area contributed by atoms with Gasteiger partial charge in [0.05, 0.1) is 0 Å². The van der Waals surface area contributed by atoms with Crippen LogP contribution in [0.1, 0.15) is 12.8 Å². The van der Waals surface area contributed by atoms with E-state index in [0.29, 0.717) is 25.9 Å². The van der Waals surface area contributed by atoms with Crippen LogP contribution in [0.2, 0.25) is 0 Å². The molecule has 1 aliphatic rings. The van der Waals surface area contributed by atoms with Crippen LogP contribution < -0.4 is 5.32 Å². The number of hydrogen-bond donors (Lipinski definition) is 1. The molecule has 0 saturated carbocycles. The molecular weight excluding hydrogens is 190 g/mol. The van der Waals surface area contributed by atoms with Gasteiger partial charge < -0.3 is 10.2 Å². The Kier molecular flexibility index (Phi) is 3.42. The smallest absolute Gasteiger partial charge is 0.327 e. The Labute approximate surface area is 82.5 Å². The quantitative estimate of drug-likeness (QED) is 0.721. The largest absolute Gasteiger partial charge is 0.354 e. The molecule has 0 aromatic heterocycles. The number of alkyl halides is 2. The van der Waals surface area contributed by atoms with E-state index in [1.54, 1.807) is 0 Å². The van der Waals surface area contributed by atoms with Crippen LogP contribution in [0.5, 0.6) is 0 Å².